The Morgan fingerprint density at radius 1 is 1.20 bits per heavy atom. The third-order valence-corrected chi connectivity index (χ3v) is 3.66. The van der Waals surface area contributed by atoms with Crippen molar-refractivity contribution in [3.8, 4) is 0 Å². The zero-order valence-corrected chi connectivity index (χ0v) is 9.58. The summed E-state index contributed by atoms with van der Waals surface area (Å²) in [4.78, 5) is 14.3. The van der Waals surface area contributed by atoms with Crippen LogP contribution in [-0.2, 0) is 9.53 Å². The molecule has 2 rings (SSSR count). The summed E-state index contributed by atoms with van der Waals surface area (Å²) in [7, 11) is 0. The second kappa shape index (κ2) is 4.97. The number of hydrogen-bond acceptors (Lipinski definition) is 2. The van der Waals surface area contributed by atoms with E-state index < -0.39 is 0 Å². The lowest BCUT2D eigenvalue weighted by atomic mass is 9.95. The maximum atomic E-state index is 12.2. The van der Waals surface area contributed by atoms with Gasteiger partial charge in [-0.2, -0.15) is 0 Å². The van der Waals surface area contributed by atoms with Gasteiger partial charge in [0.25, 0.3) is 0 Å². The van der Waals surface area contributed by atoms with Crippen LogP contribution in [0.3, 0.4) is 0 Å². The van der Waals surface area contributed by atoms with E-state index in [1.54, 1.807) is 0 Å². The average Bonchev–Trinajstić information content (AvgIpc) is 2.30. The number of carbonyl (C=O) groups is 1. The Hall–Kier alpha value is -0.570. The van der Waals surface area contributed by atoms with Crippen molar-refractivity contribution < 1.29 is 9.53 Å². The lowest BCUT2D eigenvalue weighted by molar-refractivity contribution is -0.141. The van der Waals surface area contributed by atoms with E-state index >= 15 is 0 Å². The lowest BCUT2D eigenvalue weighted by Crippen LogP contribution is -2.46. The molecule has 86 valence electrons. The number of rotatable bonds is 1. The van der Waals surface area contributed by atoms with Crippen LogP contribution in [0.5, 0.6) is 0 Å². The molecule has 3 heteroatoms. The van der Waals surface area contributed by atoms with Gasteiger partial charge in [-0.15, -0.1) is 0 Å². The summed E-state index contributed by atoms with van der Waals surface area (Å²) in [5.74, 6) is 0.616. The molecule has 0 bridgehead atoms. The number of carbonyl (C=O) groups excluding carboxylic acids is 1. The number of hydrogen-bond donors (Lipinski definition) is 0. The maximum Gasteiger partial charge on any atom is 0.226 e. The van der Waals surface area contributed by atoms with Gasteiger partial charge in [0, 0.05) is 31.7 Å². The summed E-state index contributed by atoms with van der Waals surface area (Å²) < 4.78 is 5.29. The predicted octanol–water partition coefficient (Wildman–Crippen LogP) is 1.81. The van der Waals surface area contributed by atoms with Gasteiger partial charge in [0.15, 0.2) is 0 Å². The van der Waals surface area contributed by atoms with Gasteiger partial charge in [0.2, 0.25) is 5.91 Å². The van der Waals surface area contributed by atoms with Gasteiger partial charge in [-0.25, -0.2) is 0 Å². The molecule has 0 spiro atoms. The third kappa shape index (κ3) is 2.51. The van der Waals surface area contributed by atoms with E-state index in [0.29, 0.717) is 11.9 Å². The molecule has 0 saturated carbocycles. The van der Waals surface area contributed by atoms with Crippen LogP contribution >= 0.6 is 0 Å². The van der Waals surface area contributed by atoms with Gasteiger partial charge in [0.1, 0.15) is 0 Å². The van der Waals surface area contributed by atoms with Gasteiger partial charge in [-0.05, 0) is 39.0 Å². The molecule has 1 unspecified atom stereocenters. The molecule has 2 fully saturated rings. The van der Waals surface area contributed by atoms with E-state index in [1.807, 2.05) is 0 Å². The quantitative estimate of drug-likeness (QED) is 0.662. The smallest absolute Gasteiger partial charge is 0.226 e. The van der Waals surface area contributed by atoms with Crippen molar-refractivity contribution in [3.05, 3.63) is 0 Å². The maximum absolute atomic E-state index is 12.2. The van der Waals surface area contributed by atoms with Crippen molar-refractivity contribution in [1.82, 2.24) is 4.90 Å². The molecule has 0 aliphatic carbocycles. The molecule has 2 aliphatic heterocycles. The highest BCUT2D eigenvalue weighted by molar-refractivity contribution is 5.79. The van der Waals surface area contributed by atoms with Crippen LogP contribution in [0.25, 0.3) is 0 Å². The topological polar surface area (TPSA) is 29.5 Å². The molecule has 2 saturated heterocycles. The molecule has 1 atom stereocenters. The molecule has 15 heavy (non-hydrogen) atoms. The van der Waals surface area contributed by atoms with E-state index in [2.05, 4.69) is 11.8 Å². The summed E-state index contributed by atoms with van der Waals surface area (Å²) in [6, 6.07) is 0.453. The third-order valence-electron chi connectivity index (χ3n) is 3.66. The van der Waals surface area contributed by atoms with Crippen LogP contribution in [-0.4, -0.2) is 36.6 Å². The van der Waals surface area contributed by atoms with E-state index in [1.165, 1.54) is 19.3 Å². The Kier molecular flexibility index (Phi) is 3.62. The predicted molar refractivity (Wildman–Crippen MR) is 58.6 cm³/mol. The summed E-state index contributed by atoms with van der Waals surface area (Å²) >= 11 is 0. The van der Waals surface area contributed by atoms with Gasteiger partial charge >= 0.3 is 0 Å². The average molecular weight is 211 g/mol. The van der Waals surface area contributed by atoms with Crippen molar-refractivity contribution in [2.45, 2.75) is 45.1 Å². The summed E-state index contributed by atoms with van der Waals surface area (Å²) in [5.41, 5.74) is 0. The first-order chi connectivity index (χ1) is 7.29. The van der Waals surface area contributed by atoms with E-state index in [-0.39, 0.29) is 5.92 Å². The number of amides is 1. The van der Waals surface area contributed by atoms with E-state index in [0.717, 1.165) is 32.6 Å². The van der Waals surface area contributed by atoms with E-state index in [4.69, 9.17) is 4.74 Å². The molecule has 2 aliphatic rings. The minimum atomic E-state index is 0.235. The molecular formula is C12H21NO2. The molecular weight excluding hydrogens is 190 g/mol. The van der Waals surface area contributed by atoms with Gasteiger partial charge in [-0.3, -0.25) is 4.79 Å². The second-order valence-electron chi connectivity index (χ2n) is 4.76. The highest BCUT2D eigenvalue weighted by atomic mass is 16.5. The van der Waals surface area contributed by atoms with Crippen molar-refractivity contribution in [1.29, 1.82) is 0 Å². The Bertz CT molecular complexity index is 224. The Morgan fingerprint density at radius 2 is 1.93 bits per heavy atom. The Morgan fingerprint density at radius 3 is 2.60 bits per heavy atom. The number of ether oxygens (including phenoxy) is 1. The zero-order valence-electron chi connectivity index (χ0n) is 9.58. The zero-order chi connectivity index (χ0) is 10.7. The first kappa shape index (κ1) is 10.9. The van der Waals surface area contributed by atoms with Crippen LogP contribution in [0, 0.1) is 5.92 Å². The lowest BCUT2D eigenvalue weighted by Gasteiger charge is -2.36. The molecule has 0 aromatic heterocycles. The highest BCUT2D eigenvalue weighted by Crippen LogP contribution is 2.23. The fourth-order valence-electron chi connectivity index (χ4n) is 2.60. The van der Waals surface area contributed by atoms with Crippen LogP contribution in [0.2, 0.25) is 0 Å². The Balaban J connectivity index is 1.92. The molecule has 2 heterocycles. The van der Waals surface area contributed by atoms with Crippen molar-refractivity contribution in [2.24, 2.45) is 5.92 Å². The van der Waals surface area contributed by atoms with Crippen LogP contribution in [0.1, 0.15) is 39.0 Å². The van der Waals surface area contributed by atoms with Gasteiger partial charge < -0.3 is 9.64 Å². The minimum absolute atomic E-state index is 0.235. The normalized spacial score (nSPS) is 29.1. The van der Waals surface area contributed by atoms with Crippen LogP contribution < -0.4 is 0 Å². The molecule has 0 aromatic carbocycles. The fourth-order valence-corrected chi connectivity index (χ4v) is 2.60. The van der Waals surface area contributed by atoms with Gasteiger partial charge in [0.05, 0.1) is 0 Å². The standard InChI is InChI=1S/C12H21NO2/c1-10-4-2-3-7-13(10)12(14)11-5-8-15-9-6-11/h10-11H,2-9H2,1H3. The monoisotopic (exact) mass is 211 g/mol. The van der Waals surface area contributed by atoms with E-state index in [9.17, 15) is 4.79 Å². The fraction of sp³-hybridized carbons (Fsp3) is 0.917. The second-order valence-corrected chi connectivity index (χ2v) is 4.76. The first-order valence-electron chi connectivity index (χ1n) is 6.17. The summed E-state index contributed by atoms with van der Waals surface area (Å²) in [6.07, 6.45) is 5.47. The first-order valence-corrected chi connectivity index (χ1v) is 6.17. The molecule has 0 N–H and O–H groups in total. The van der Waals surface area contributed by atoms with Crippen molar-refractivity contribution in [2.75, 3.05) is 19.8 Å². The van der Waals surface area contributed by atoms with Crippen molar-refractivity contribution >= 4 is 5.91 Å². The van der Waals surface area contributed by atoms with Crippen LogP contribution in [0.15, 0.2) is 0 Å². The minimum Gasteiger partial charge on any atom is -0.381 e. The molecule has 0 aromatic rings. The largest absolute Gasteiger partial charge is 0.381 e. The molecule has 0 radical (unpaired) electrons. The SMILES string of the molecule is CC1CCCCN1C(=O)C1CCOCC1. The van der Waals surface area contributed by atoms with Gasteiger partial charge in [-0.1, -0.05) is 0 Å². The Labute approximate surface area is 91.8 Å². The summed E-state index contributed by atoms with van der Waals surface area (Å²) in [5, 5.41) is 0. The van der Waals surface area contributed by atoms with Crippen molar-refractivity contribution in [3.63, 3.8) is 0 Å². The number of piperidine rings is 1. The summed E-state index contributed by atoms with van der Waals surface area (Å²) in [6.45, 7) is 4.67. The van der Waals surface area contributed by atoms with Crippen LogP contribution in [0.4, 0.5) is 0 Å². The number of likely N-dealkylation sites (tertiary alicyclic amines) is 1. The molecule has 1 amide bonds. The molecule has 3 nitrogen and oxygen atoms in total. The number of nitrogens with zero attached hydrogens (tertiary/aromatic N) is 1. The highest BCUT2D eigenvalue weighted by Gasteiger charge is 2.30.